The number of rotatable bonds is 2. The van der Waals surface area contributed by atoms with Crippen molar-refractivity contribution < 1.29 is 4.79 Å². The molecule has 0 aromatic heterocycles. The van der Waals surface area contributed by atoms with Crippen LogP contribution >= 0.6 is 0 Å². The summed E-state index contributed by atoms with van der Waals surface area (Å²) in [5.74, 6) is 2.01. The zero-order chi connectivity index (χ0) is 11.7. The number of nitrogens with zero attached hydrogens (tertiary/aromatic N) is 2. The lowest BCUT2D eigenvalue weighted by molar-refractivity contribution is -0.131. The summed E-state index contributed by atoms with van der Waals surface area (Å²) in [5, 5.41) is 0. The number of piperazine rings is 1. The minimum atomic E-state index is 0.230. The van der Waals surface area contributed by atoms with E-state index < -0.39 is 0 Å². The Morgan fingerprint density at radius 3 is 2.12 bits per heavy atom. The molecule has 0 spiro atoms. The summed E-state index contributed by atoms with van der Waals surface area (Å²) in [7, 11) is 0. The second-order valence-corrected chi connectivity index (χ2v) is 5.67. The van der Waals surface area contributed by atoms with Gasteiger partial charge in [-0.05, 0) is 24.7 Å². The molecule has 1 heterocycles. The average Bonchev–Trinajstić information content (AvgIpc) is 2.15. The third-order valence-corrected chi connectivity index (χ3v) is 4.37. The summed E-state index contributed by atoms with van der Waals surface area (Å²) >= 11 is 0. The highest BCUT2D eigenvalue weighted by Crippen LogP contribution is 2.37. The molecule has 0 N–H and O–H groups in total. The van der Waals surface area contributed by atoms with Gasteiger partial charge in [0.05, 0.1) is 0 Å². The standard InChI is InChI=1S/C13H24N2O/c1-10(2)12-8-13(9-12)15-6-4-14(5-7-15)11(3)16/h10,12-13H,4-9H2,1-3H3. The van der Waals surface area contributed by atoms with Crippen molar-refractivity contribution in [1.82, 2.24) is 9.80 Å². The Kier molecular flexibility index (Phi) is 3.53. The summed E-state index contributed by atoms with van der Waals surface area (Å²) in [6.45, 7) is 10.3. The second kappa shape index (κ2) is 4.74. The van der Waals surface area contributed by atoms with E-state index in [-0.39, 0.29) is 5.91 Å². The summed E-state index contributed by atoms with van der Waals surface area (Å²) in [5.41, 5.74) is 0. The van der Waals surface area contributed by atoms with Crippen LogP contribution in [0.1, 0.15) is 33.6 Å². The van der Waals surface area contributed by atoms with Gasteiger partial charge in [-0.2, -0.15) is 0 Å². The number of hydrogen-bond acceptors (Lipinski definition) is 2. The van der Waals surface area contributed by atoms with Crippen LogP contribution in [0.25, 0.3) is 0 Å². The Morgan fingerprint density at radius 1 is 1.12 bits per heavy atom. The van der Waals surface area contributed by atoms with Crippen LogP contribution in [-0.4, -0.2) is 47.9 Å². The molecule has 0 aromatic carbocycles. The first-order valence-electron chi connectivity index (χ1n) is 6.57. The molecule has 1 aliphatic carbocycles. The molecule has 92 valence electrons. The van der Waals surface area contributed by atoms with E-state index in [2.05, 4.69) is 18.7 Å². The molecule has 0 aromatic rings. The van der Waals surface area contributed by atoms with Gasteiger partial charge < -0.3 is 4.90 Å². The van der Waals surface area contributed by atoms with Crippen molar-refractivity contribution in [2.24, 2.45) is 11.8 Å². The van der Waals surface area contributed by atoms with Crippen LogP contribution in [0.2, 0.25) is 0 Å². The third-order valence-electron chi connectivity index (χ3n) is 4.37. The highest BCUT2D eigenvalue weighted by atomic mass is 16.2. The van der Waals surface area contributed by atoms with Gasteiger partial charge >= 0.3 is 0 Å². The number of carbonyl (C=O) groups excluding carboxylic acids is 1. The Labute approximate surface area is 98.8 Å². The molecule has 1 saturated heterocycles. The van der Waals surface area contributed by atoms with Crippen LogP contribution in [0, 0.1) is 11.8 Å². The Hall–Kier alpha value is -0.570. The zero-order valence-corrected chi connectivity index (χ0v) is 10.8. The fraction of sp³-hybridized carbons (Fsp3) is 0.923. The first kappa shape index (κ1) is 11.9. The topological polar surface area (TPSA) is 23.6 Å². The molecule has 3 heteroatoms. The molecule has 16 heavy (non-hydrogen) atoms. The quantitative estimate of drug-likeness (QED) is 0.711. The first-order chi connectivity index (χ1) is 7.58. The van der Waals surface area contributed by atoms with Crippen LogP contribution in [0.3, 0.4) is 0 Å². The van der Waals surface area contributed by atoms with Crippen molar-refractivity contribution in [2.75, 3.05) is 26.2 Å². The predicted molar refractivity (Wildman–Crippen MR) is 65.2 cm³/mol. The summed E-state index contributed by atoms with van der Waals surface area (Å²) in [4.78, 5) is 15.8. The molecule has 2 aliphatic rings. The van der Waals surface area contributed by atoms with Crippen LogP contribution in [0.15, 0.2) is 0 Å². The molecule has 2 rings (SSSR count). The van der Waals surface area contributed by atoms with E-state index in [1.165, 1.54) is 12.8 Å². The van der Waals surface area contributed by atoms with Gasteiger partial charge in [0.25, 0.3) is 0 Å². The van der Waals surface area contributed by atoms with Gasteiger partial charge in [-0.1, -0.05) is 13.8 Å². The average molecular weight is 224 g/mol. The predicted octanol–water partition coefficient (Wildman–Crippen LogP) is 1.59. The van der Waals surface area contributed by atoms with Gasteiger partial charge in [-0.15, -0.1) is 0 Å². The number of hydrogen-bond donors (Lipinski definition) is 0. The maximum absolute atomic E-state index is 11.2. The lowest BCUT2D eigenvalue weighted by atomic mass is 9.73. The van der Waals surface area contributed by atoms with Gasteiger partial charge in [-0.3, -0.25) is 9.69 Å². The fourth-order valence-corrected chi connectivity index (χ4v) is 2.87. The van der Waals surface area contributed by atoms with E-state index in [9.17, 15) is 4.79 Å². The highest BCUT2D eigenvalue weighted by Gasteiger charge is 2.36. The molecule has 0 atom stereocenters. The summed E-state index contributed by atoms with van der Waals surface area (Å²) in [6, 6.07) is 0.807. The largest absolute Gasteiger partial charge is 0.340 e. The summed E-state index contributed by atoms with van der Waals surface area (Å²) < 4.78 is 0. The molecule has 2 fully saturated rings. The normalized spacial score (nSPS) is 31.6. The van der Waals surface area contributed by atoms with E-state index in [0.29, 0.717) is 0 Å². The van der Waals surface area contributed by atoms with Crippen LogP contribution < -0.4 is 0 Å². The molecule has 0 bridgehead atoms. The van der Waals surface area contributed by atoms with E-state index in [4.69, 9.17) is 0 Å². The van der Waals surface area contributed by atoms with E-state index in [1.54, 1.807) is 6.92 Å². The van der Waals surface area contributed by atoms with Crippen molar-refractivity contribution in [2.45, 2.75) is 39.7 Å². The first-order valence-corrected chi connectivity index (χ1v) is 6.57. The molecule has 3 nitrogen and oxygen atoms in total. The van der Waals surface area contributed by atoms with Crippen molar-refractivity contribution in [3.8, 4) is 0 Å². The van der Waals surface area contributed by atoms with Crippen LogP contribution in [0.4, 0.5) is 0 Å². The van der Waals surface area contributed by atoms with Crippen molar-refractivity contribution in [3.05, 3.63) is 0 Å². The van der Waals surface area contributed by atoms with Gasteiger partial charge in [0, 0.05) is 39.1 Å². The van der Waals surface area contributed by atoms with Crippen molar-refractivity contribution in [3.63, 3.8) is 0 Å². The van der Waals surface area contributed by atoms with E-state index >= 15 is 0 Å². The minimum absolute atomic E-state index is 0.230. The SMILES string of the molecule is CC(=O)N1CCN(C2CC(C(C)C)C2)CC1. The molecule has 1 aliphatic heterocycles. The van der Waals surface area contributed by atoms with Crippen LogP contribution in [0.5, 0.6) is 0 Å². The Balaban J connectivity index is 1.73. The minimum Gasteiger partial charge on any atom is -0.340 e. The molecular formula is C13H24N2O. The number of amides is 1. The van der Waals surface area contributed by atoms with Crippen molar-refractivity contribution in [1.29, 1.82) is 0 Å². The fourth-order valence-electron chi connectivity index (χ4n) is 2.87. The van der Waals surface area contributed by atoms with Gasteiger partial charge in [0.15, 0.2) is 0 Å². The monoisotopic (exact) mass is 224 g/mol. The molecule has 1 saturated carbocycles. The van der Waals surface area contributed by atoms with Gasteiger partial charge in [-0.25, -0.2) is 0 Å². The van der Waals surface area contributed by atoms with E-state index in [1.807, 2.05) is 4.90 Å². The second-order valence-electron chi connectivity index (χ2n) is 5.67. The van der Waals surface area contributed by atoms with Gasteiger partial charge in [0.2, 0.25) is 5.91 Å². The highest BCUT2D eigenvalue weighted by molar-refractivity contribution is 5.73. The van der Waals surface area contributed by atoms with E-state index in [0.717, 1.165) is 44.1 Å². The Bertz CT molecular complexity index is 251. The van der Waals surface area contributed by atoms with Crippen LogP contribution in [-0.2, 0) is 4.79 Å². The third kappa shape index (κ3) is 2.40. The molecule has 0 unspecified atom stereocenters. The lowest BCUT2D eigenvalue weighted by Crippen LogP contribution is -2.55. The van der Waals surface area contributed by atoms with Gasteiger partial charge in [0.1, 0.15) is 0 Å². The lowest BCUT2D eigenvalue weighted by Gasteiger charge is -2.47. The molecule has 0 radical (unpaired) electrons. The molecular weight excluding hydrogens is 200 g/mol. The smallest absolute Gasteiger partial charge is 0.219 e. The maximum atomic E-state index is 11.2. The summed E-state index contributed by atoms with van der Waals surface area (Å²) in [6.07, 6.45) is 2.75. The van der Waals surface area contributed by atoms with Crippen molar-refractivity contribution >= 4 is 5.91 Å². The maximum Gasteiger partial charge on any atom is 0.219 e. The Morgan fingerprint density at radius 2 is 1.69 bits per heavy atom. The zero-order valence-electron chi connectivity index (χ0n) is 10.8. The molecule has 1 amide bonds. The number of carbonyl (C=O) groups is 1.